The van der Waals surface area contributed by atoms with Crippen molar-refractivity contribution in [2.45, 2.75) is 18.7 Å². The largest absolute Gasteiger partial charge is 0.355 e. The maximum absolute atomic E-state index is 12.2. The lowest BCUT2D eigenvalue weighted by atomic mass is 10.2. The Labute approximate surface area is 113 Å². The van der Waals surface area contributed by atoms with E-state index in [2.05, 4.69) is 17.9 Å². The Morgan fingerprint density at radius 3 is 2.61 bits per heavy atom. The number of carbonyl (C=O) groups is 2. The van der Waals surface area contributed by atoms with Gasteiger partial charge in [0, 0.05) is 23.5 Å². The summed E-state index contributed by atoms with van der Waals surface area (Å²) in [6, 6.07) is 7.00. The number of nitrogens with zero attached hydrogens (tertiary/aromatic N) is 1. The number of likely N-dealkylation sites (N-methyl/N-ethyl adjacent to an activating group) is 2. The molecular formula is C13H18N2O2S. The van der Waals surface area contributed by atoms with E-state index in [0.717, 1.165) is 4.90 Å². The molecule has 2 amide bonds. The van der Waals surface area contributed by atoms with Crippen LogP contribution in [0.1, 0.15) is 24.2 Å². The van der Waals surface area contributed by atoms with Crippen LogP contribution in [0.15, 0.2) is 29.2 Å². The molecule has 18 heavy (non-hydrogen) atoms. The number of thiol groups is 1. The zero-order chi connectivity index (χ0) is 13.5. The predicted molar refractivity (Wildman–Crippen MR) is 74.0 cm³/mol. The van der Waals surface area contributed by atoms with E-state index in [9.17, 15) is 9.59 Å². The summed E-state index contributed by atoms with van der Waals surface area (Å²) in [5, 5.41) is 2.68. The summed E-state index contributed by atoms with van der Waals surface area (Å²) in [4.78, 5) is 25.9. The van der Waals surface area contributed by atoms with E-state index >= 15 is 0 Å². The highest BCUT2D eigenvalue weighted by molar-refractivity contribution is 7.80. The molecule has 0 unspecified atom stereocenters. The Hall–Kier alpha value is -1.49. The van der Waals surface area contributed by atoms with Gasteiger partial charge in [-0.1, -0.05) is 6.07 Å². The van der Waals surface area contributed by atoms with Crippen LogP contribution in [-0.2, 0) is 4.79 Å². The van der Waals surface area contributed by atoms with Crippen molar-refractivity contribution in [2.24, 2.45) is 0 Å². The van der Waals surface area contributed by atoms with Crippen LogP contribution >= 0.6 is 12.6 Å². The van der Waals surface area contributed by atoms with Gasteiger partial charge >= 0.3 is 0 Å². The minimum absolute atomic E-state index is 0.0833. The standard InChI is InChI=1S/C13H18N2O2S/c1-3-14-12(16)9-15(4-2)13(17)10-6-5-7-11(18)8-10/h5-8,18H,3-4,9H2,1-2H3,(H,14,16). The van der Waals surface area contributed by atoms with Crippen molar-refractivity contribution >= 4 is 24.4 Å². The van der Waals surface area contributed by atoms with Crippen LogP contribution in [0.2, 0.25) is 0 Å². The molecule has 0 heterocycles. The molecule has 0 spiro atoms. The Balaban J connectivity index is 2.76. The van der Waals surface area contributed by atoms with E-state index in [-0.39, 0.29) is 18.4 Å². The number of nitrogens with one attached hydrogen (secondary N) is 1. The van der Waals surface area contributed by atoms with Crippen LogP contribution < -0.4 is 5.32 Å². The second kappa shape index (κ2) is 7.06. The van der Waals surface area contributed by atoms with Crippen molar-refractivity contribution in [3.63, 3.8) is 0 Å². The lowest BCUT2D eigenvalue weighted by Crippen LogP contribution is -2.40. The molecule has 4 nitrogen and oxygen atoms in total. The second-order valence-electron chi connectivity index (χ2n) is 3.82. The van der Waals surface area contributed by atoms with Gasteiger partial charge in [-0.3, -0.25) is 9.59 Å². The highest BCUT2D eigenvalue weighted by Crippen LogP contribution is 2.11. The first-order valence-corrected chi connectivity index (χ1v) is 6.38. The molecule has 0 aliphatic rings. The maximum Gasteiger partial charge on any atom is 0.254 e. The quantitative estimate of drug-likeness (QED) is 0.795. The molecule has 0 aromatic heterocycles. The third kappa shape index (κ3) is 4.07. The summed E-state index contributed by atoms with van der Waals surface area (Å²) in [6.45, 7) is 4.84. The number of rotatable bonds is 5. The van der Waals surface area contributed by atoms with Crippen molar-refractivity contribution < 1.29 is 9.59 Å². The summed E-state index contributed by atoms with van der Waals surface area (Å²) in [6.07, 6.45) is 0. The third-order valence-corrected chi connectivity index (χ3v) is 2.75. The van der Waals surface area contributed by atoms with Crippen LogP contribution in [0.5, 0.6) is 0 Å². The predicted octanol–water partition coefficient (Wildman–Crippen LogP) is 1.57. The van der Waals surface area contributed by atoms with Crippen molar-refractivity contribution in [1.29, 1.82) is 0 Å². The molecule has 1 aromatic rings. The normalized spacial score (nSPS) is 9.94. The van der Waals surface area contributed by atoms with E-state index in [1.54, 1.807) is 24.3 Å². The van der Waals surface area contributed by atoms with E-state index in [1.165, 1.54) is 4.90 Å². The lowest BCUT2D eigenvalue weighted by Gasteiger charge is -2.20. The Morgan fingerprint density at radius 2 is 2.06 bits per heavy atom. The summed E-state index contributed by atoms with van der Waals surface area (Å²) in [7, 11) is 0. The van der Waals surface area contributed by atoms with Crippen LogP contribution in [0.3, 0.4) is 0 Å². The second-order valence-corrected chi connectivity index (χ2v) is 4.34. The monoisotopic (exact) mass is 266 g/mol. The minimum atomic E-state index is -0.153. The van der Waals surface area contributed by atoms with Gasteiger partial charge in [-0.05, 0) is 32.0 Å². The number of hydrogen-bond donors (Lipinski definition) is 2. The fourth-order valence-corrected chi connectivity index (χ4v) is 1.80. The van der Waals surface area contributed by atoms with E-state index in [0.29, 0.717) is 18.7 Å². The zero-order valence-electron chi connectivity index (χ0n) is 10.6. The molecule has 0 saturated heterocycles. The fourth-order valence-electron chi connectivity index (χ4n) is 1.58. The van der Waals surface area contributed by atoms with Crippen molar-refractivity contribution in [3.8, 4) is 0 Å². The number of hydrogen-bond acceptors (Lipinski definition) is 3. The molecule has 0 radical (unpaired) electrons. The van der Waals surface area contributed by atoms with Gasteiger partial charge in [0.1, 0.15) is 0 Å². The lowest BCUT2D eigenvalue weighted by molar-refractivity contribution is -0.121. The highest BCUT2D eigenvalue weighted by Gasteiger charge is 2.16. The average Bonchev–Trinajstić information content (AvgIpc) is 2.35. The zero-order valence-corrected chi connectivity index (χ0v) is 11.5. The van der Waals surface area contributed by atoms with Gasteiger partial charge in [0.15, 0.2) is 0 Å². The van der Waals surface area contributed by atoms with Crippen LogP contribution in [0.4, 0.5) is 0 Å². The Kier molecular flexibility index (Phi) is 5.71. The molecule has 5 heteroatoms. The fraction of sp³-hybridized carbons (Fsp3) is 0.385. The summed E-state index contributed by atoms with van der Waals surface area (Å²) >= 11 is 4.20. The van der Waals surface area contributed by atoms with Crippen LogP contribution in [0.25, 0.3) is 0 Å². The van der Waals surface area contributed by atoms with Crippen LogP contribution in [0, 0.1) is 0 Å². The van der Waals surface area contributed by atoms with Gasteiger partial charge < -0.3 is 10.2 Å². The minimum Gasteiger partial charge on any atom is -0.355 e. The third-order valence-electron chi connectivity index (χ3n) is 2.47. The molecular weight excluding hydrogens is 248 g/mol. The number of carbonyl (C=O) groups excluding carboxylic acids is 2. The van der Waals surface area contributed by atoms with Gasteiger partial charge in [0.25, 0.3) is 5.91 Å². The smallest absolute Gasteiger partial charge is 0.254 e. The van der Waals surface area contributed by atoms with E-state index in [1.807, 2.05) is 13.8 Å². The maximum atomic E-state index is 12.2. The van der Waals surface area contributed by atoms with Gasteiger partial charge in [0.05, 0.1) is 6.54 Å². The molecule has 0 bridgehead atoms. The summed E-state index contributed by atoms with van der Waals surface area (Å²) in [5.74, 6) is -0.297. The Bertz CT molecular complexity index is 435. The first-order chi connectivity index (χ1) is 8.58. The number of amides is 2. The summed E-state index contributed by atoms with van der Waals surface area (Å²) in [5.41, 5.74) is 0.550. The SMILES string of the molecule is CCNC(=O)CN(CC)C(=O)c1cccc(S)c1. The topological polar surface area (TPSA) is 49.4 Å². The molecule has 1 aromatic carbocycles. The molecule has 0 aliphatic carbocycles. The molecule has 0 atom stereocenters. The van der Waals surface area contributed by atoms with Gasteiger partial charge in [-0.25, -0.2) is 0 Å². The van der Waals surface area contributed by atoms with Crippen molar-refractivity contribution in [2.75, 3.05) is 19.6 Å². The molecule has 0 saturated carbocycles. The summed E-state index contributed by atoms with van der Waals surface area (Å²) < 4.78 is 0. The van der Waals surface area contributed by atoms with Gasteiger partial charge in [0.2, 0.25) is 5.91 Å². The highest BCUT2D eigenvalue weighted by atomic mass is 32.1. The average molecular weight is 266 g/mol. The first-order valence-electron chi connectivity index (χ1n) is 5.93. The van der Waals surface area contributed by atoms with Crippen molar-refractivity contribution in [3.05, 3.63) is 29.8 Å². The Morgan fingerprint density at radius 1 is 1.33 bits per heavy atom. The van der Waals surface area contributed by atoms with E-state index in [4.69, 9.17) is 0 Å². The van der Waals surface area contributed by atoms with Crippen molar-refractivity contribution in [1.82, 2.24) is 10.2 Å². The van der Waals surface area contributed by atoms with E-state index < -0.39 is 0 Å². The van der Waals surface area contributed by atoms with Gasteiger partial charge in [-0.15, -0.1) is 12.6 Å². The first kappa shape index (κ1) is 14.6. The molecule has 0 aliphatic heterocycles. The molecule has 1 N–H and O–H groups in total. The molecule has 0 fully saturated rings. The van der Waals surface area contributed by atoms with Gasteiger partial charge in [-0.2, -0.15) is 0 Å². The number of benzene rings is 1. The van der Waals surface area contributed by atoms with Crippen LogP contribution in [-0.4, -0.2) is 36.3 Å². The molecule has 98 valence electrons. The molecule has 1 rings (SSSR count).